The summed E-state index contributed by atoms with van der Waals surface area (Å²) in [6.07, 6.45) is 1.72. The van der Waals surface area contributed by atoms with Crippen LogP contribution in [0.1, 0.15) is 45.9 Å². The molecule has 5 nitrogen and oxygen atoms in total. The molecule has 0 atom stereocenters. The summed E-state index contributed by atoms with van der Waals surface area (Å²) < 4.78 is 5.55. The van der Waals surface area contributed by atoms with E-state index in [1.165, 1.54) is 16.2 Å². The highest BCUT2D eigenvalue weighted by Crippen LogP contribution is 2.22. The fraction of sp³-hybridized carbons (Fsp3) is 0.368. The molecular formula is C19H24N2O3S. The van der Waals surface area contributed by atoms with Crippen LogP contribution >= 0.6 is 11.3 Å². The van der Waals surface area contributed by atoms with Crippen molar-refractivity contribution in [2.45, 2.75) is 40.0 Å². The smallest absolute Gasteiger partial charge is 0.279 e. The highest BCUT2D eigenvalue weighted by Gasteiger charge is 2.13. The minimum atomic E-state index is -0.282. The van der Waals surface area contributed by atoms with E-state index >= 15 is 0 Å². The number of hydrazine groups is 1. The quantitative estimate of drug-likeness (QED) is 0.744. The van der Waals surface area contributed by atoms with E-state index < -0.39 is 0 Å². The van der Waals surface area contributed by atoms with Gasteiger partial charge in [-0.15, -0.1) is 11.3 Å². The molecule has 2 rings (SSSR count). The molecule has 2 N–H and O–H groups in total. The van der Waals surface area contributed by atoms with E-state index in [2.05, 4.69) is 17.8 Å². The van der Waals surface area contributed by atoms with Gasteiger partial charge in [0.25, 0.3) is 5.91 Å². The lowest BCUT2D eigenvalue weighted by Gasteiger charge is -2.10. The molecule has 0 bridgehead atoms. The fourth-order valence-corrected chi connectivity index (χ4v) is 3.50. The van der Waals surface area contributed by atoms with Gasteiger partial charge < -0.3 is 4.74 Å². The molecule has 0 aliphatic rings. The summed E-state index contributed by atoms with van der Waals surface area (Å²) in [6.45, 7) is 6.55. The summed E-state index contributed by atoms with van der Waals surface area (Å²) >= 11 is 1.46. The number of benzene rings is 1. The van der Waals surface area contributed by atoms with Crippen LogP contribution in [0.3, 0.4) is 0 Å². The van der Waals surface area contributed by atoms with Crippen LogP contribution in [0.25, 0.3) is 0 Å². The Balaban J connectivity index is 1.83. The van der Waals surface area contributed by atoms with Gasteiger partial charge in [-0.1, -0.05) is 25.1 Å². The van der Waals surface area contributed by atoms with Crippen LogP contribution in [0.15, 0.2) is 30.3 Å². The third kappa shape index (κ3) is 5.32. The highest BCUT2D eigenvalue weighted by molar-refractivity contribution is 7.14. The second-order valence-corrected chi connectivity index (χ2v) is 6.75. The molecule has 2 aromatic rings. The number of nitrogens with one attached hydrogen (secondary N) is 2. The van der Waals surface area contributed by atoms with Crippen LogP contribution in [0.4, 0.5) is 0 Å². The van der Waals surface area contributed by atoms with Crippen LogP contribution in [0.2, 0.25) is 0 Å². The molecule has 6 heteroatoms. The summed E-state index contributed by atoms with van der Waals surface area (Å²) in [6, 6.07) is 9.51. The fourth-order valence-electron chi connectivity index (χ4n) is 2.49. The number of carbonyl (C=O) groups is 2. The summed E-state index contributed by atoms with van der Waals surface area (Å²) in [5, 5.41) is 0. The average Bonchev–Trinajstić information content (AvgIpc) is 3.00. The number of amides is 2. The van der Waals surface area contributed by atoms with Gasteiger partial charge in [-0.25, -0.2) is 0 Å². The van der Waals surface area contributed by atoms with Gasteiger partial charge in [-0.3, -0.25) is 20.4 Å². The molecular weight excluding hydrogens is 336 g/mol. The predicted octanol–water partition coefficient (Wildman–Crippen LogP) is 3.41. The maximum absolute atomic E-state index is 12.1. The second-order valence-electron chi connectivity index (χ2n) is 5.61. The molecule has 0 saturated heterocycles. The molecule has 134 valence electrons. The molecule has 0 spiro atoms. The number of rotatable bonds is 7. The number of ether oxygens (including phenoxy) is 1. The Morgan fingerprint density at radius 2 is 1.92 bits per heavy atom. The summed E-state index contributed by atoms with van der Waals surface area (Å²) in [5.41, 5.74) is 7.04. The van der Waals surface area contributed by atoms with Gasteiger partial charge in [0.2, 0.25) is 5.91 Å². The van der Waals surface area contributed by atoms with Crippen LogP contribution < -0.4 is 15.6 Å². The van der Waals surface area contributed by atoms with Crippen molar-refractivity contribution in [2.24, 2.45) is 0 Å². The zero-order valence-corrected chi connectivity index (χ0v) is 15.7. The summed E-state index contributed by atoms with van der Waals surface area (Å²) in [7, 11) is 0. The van der Waals surface area contributed by atoms with Crippen molar-refractivity contribution in [3.05, 3.63) is 51.2 Å². The Labute approximate surface area is 152 Å². The first kappa shape index (κ1) is 19.0. The number of carbonyl (C=O) groups excluding carboxylic acids is 2. The number of aryl methyl sites for hydroxylation is 3. The molecule has 0 aliphatic carbocycles. The SMILES string of the molecule is CCOc1ccccc1CCC(=O)NNC(=O)c1cc(C)c(CC)s1. The third-order valence-electron chi connectivity index (χ3n) is 3.77. The molecule has 2 amide bonds. The topological polar surface area (TPSA) is 67.4 Å². The van der Waals surface area contributed by atoms with Gasteiger partial charge in [0, 0.05) is 11.3 Å². The number of para-hydroxylation sites is 1. The lowest BCUT2D eigenvalue weighted by molar-refractivity contribution is -0.121. The van der Waals surface area contributed by atoms with E-state index in [0.717, 1.165) is 23.3 Å². The summed E-state index contributed by atoms with van der Waals surface area (Å²) in [4.78, 5) is 25.9. The zero-order valence-electron chi connectivity index (χ0n) is 14.8. The van der Waals surface area contributed by atoms with Crippen molar-refractivity contribution >= 4 is 23.2 Å². The van der Waals surface area contributed by atoms with E-state index in [-0.39, 0.29) is 18.2 Å². The number of hydrogen-bond donors (Lipinski definition) is 2. The van der Waals surface area contributed by atoms with Gasteiger partial charge in [0.05, 0.1) is 11.5 Å². The monoisotopic (exact) mass is 360 g/mol. The number of hydrogen-bond acceptors (Lipinski definition) is 4. The van der Waals surface area contributed by atoms with Crippen molar-refractivity contribution in [1.29, 1.82) is 0 Å². The van der Waals surface area contributed by atoms with E-state index in [0.29, 0.717) is 17.9 Å². The van der Waals surface area contributed by atoms with Crippen LogP contribution in [0.5, 0.6) is 5.75 Å². The van der Waals surface area contributed by atoms with Crippen molar-refractivity contribution < 1.29 is 14.3 Å². The van der Waals surface area contributed by atoms with E-state index in [1.54, 1.807) is 0 Å². The second kappa shape index (κ2) is 9.22. The van der Waals surface area contributed by atoms with Crippen molar-refractivity contribution in [1.82, 2.24) is 10.9 Å². The van der Waals surface area contributed by atoms with Gasteiger partial charge in [-0.05, 0) is 49.9 Å². The first-order valence-electron chi connectivity index (χ1n) is 8.44. The van der Waals surface area contributed by atoms with Gasteiger partial charge in [-0.2, -0.15) is 0 Å². The van der Waals surface area contributed by atoms with Gasteiger partial charge in [0.15, 0.2) is 0 Å². The van der Waals surface area contributed by atoms with Crippen LogP contribution in [-0.4, -0.2) is 18.4 Å². The maximum atomic E-state index is 12.1. The Morgan fingerprint density at radius 1 is 1.16 bits per heavy atom. The van der Waals surface area contributed by atoms with Crippen molar-refractivity contribution in [3.8, 4) is 5.75 Å². The Kier molecular flexibility index (Phi) is 7.01. The largest absolute Gasteiger partial charge is 0.494 e. The molecule has 0 fully saturated rings. The minimum Gasteiger partial charge on any atom is -0.494 e. The first-order valence-corrected chi connectivity index (χ1v) is 9.26. The molecule has 1 aromatic carbocycles. The third-order valence-corrected chi connectivity index (χ3v) is 5.15. The van der Waals surface area contributed by atoms with Crippen LogP contribution in [-0.2, 0) is 17.6 Å². The molecule has 0 radical (unpaired) electrons. The lowest BCUT2D eigenvalue weighted by atomic mass is 10.1. The molecule has 25 heavy (non-hydrogen) atoms. The van der Waals surface area contributed by atoms with Crippen LogP contribution in [0, 0.1) is 6.92 Å². The molecule has 0 aliphatic heterocycles. The van der Waals surface area contributed by atoms with Gasteiger partial charge >= 0.3 is 0 Å². The maximum Gasteiger partial charge on any atom is 0.279 e. The molecule has 1 aromatic heterocycles. The standard InChI is InChI=1S/C19H24N2O3S/c1-4-16-13(3)12-17(25-16)19(23)21-20-18(22)11-10-14-8-6-7-9-15(14)24-5-2/h6-9,12H,4-5,10-11H2,1-3H3,(H,20,22)(H,21,23). The number of thiophene rings is 1. The first-order chi connectivity index (χ1) is 12.0. The van der Waals surface area contributed by atoms with Crippen molar-refractivity contribution in [2.75, 3.05) is 6.61 Å². The normalized spacial score (nSPS) is 10.4. The molecule has 0 saturated carbocycles. The zero-order chi connectivity index (χ0) is 18.2. The summed E-state index contributed by atoms with van der Waals surface area (Å²) in [5.74, 6) is 0.280. The predicted molar refractivity (Wildman–Crippen MR) is 100.0 cm³/mol. The van der Waals surface area contributed by atoms with E-state index in [9.17, 15) is 9.59 Å². The Morgan fingerprint density at radius 3 is 2.60 bits per heavy atom. The Bertz CT molecular complexity index is 740. The van der Waals surface area contributed by atoms with Crippen molar-refractivity contribution in [3.63, 3.8) is 0 Å². The Hall–Kier alpha value is -2.34. The van der Waals surface area contributed by atoms with E-state index in [4.69, 9.17) is 4.74 Å². The molecule has 0 unspecified atom stereocenters. The van der Waals surface area contributed by atoms with Gasteiger partial charge in [0.1, 0.15) is 5.75 Å². The molecule has 1 heterocycles. The minimum absolute atomic E-state index is 0.233. The highest BCUT2D eigenvalue weighted by atomic mass is 32.1. The average molecular weight is 360 g/mol. The van der Waals surface area contributed by atoms with E-state index in [1.807, 2.05) is 44.2 Å². The lowest BCUT2D eigenvalue weighted by Crippen LogP contribution is -2.41.